The number of rotatable bonds is 16. The van der Waals surface area contributed by atoms with Gasteiger partial charge in [0.2, 0.25) is 17.8 Å². The van der Waals surface area contributed by atoms with Crippen molar-refractivity contribution in [3.8, 4) is 17.3 Å². The van der Waals surface area contributed by atoms with Gasteiger partial charge in [-0.25, -0.2) is 24.7 Å². The Balaban J connectivity index is 1.12. The highest BCUT2D eigenvalue weighted by Gasteiger charge is 2.33. The van der Waals surface area contributed by atoms with E-state index in [9.17, 15) is 19.2 Å². The molecule has 0 saturated carbocycles. The number of pyridine rings is 1. The van der Waals surface area contributed by atoms with E-state index in [1.165, 1.54) is 12.3 Å². The summed E-state index contributed by atoms with van der Waals surface area (Å²) in [6.07, 6.45) is 8.20. The summed E-state index contributed by atoms with van der Waals surface area (Å²) in [5.74, 6) is -0.226. The number of benzene rings is 1. The molecule has 1 aromatic carbocycles. The quantitative estimate of drug-likeness (QED) is 0.0772. The molecule has 1 aliphatic rings. The molecular weight excluding hydrogens is 845 g/mol. The molecule has 20 nitrogen and oxygen atoms in total. The number of nitrogens with one attached hydrogen (secondary N) is 1. The van der Waals surface area contributed by atoms with E-state index < -0.39 is 23.3 Å². The zero-order valence-corrected chi connectivity index (χ0v) is 38.2. The fourth-order valence-electron chi connectivity index (χ4n) is 8.18. The van der Waals surface area contributed by atoms with Gasteiger partial charge in [0.15, 0.2) is 11.5 Å². The molecule has 1 fully saturated rings. The van der Waals surface area contributed by atoms with Crippen molar-refractivity contribution in [2.75, 3.05) is 25.0 Å². The van der Waals surface area contributed by atoms with Gasteiger partial charge in [0.25, 0.3) is 5.91 Å². The molecule has 344 valence electrons. The van der Waals surface area contributed by atoms with Crippen LogP contribution in [0.4, 0.5) is 10.7 Å². The van der Waals surface area contributed by atoms with Crippen LogP contribution in [0.1, 0.15) is 90.1 Å². The molecule has 0 unspecified atom stereocenters. The van der Waals surface area contributed by atoms with E-state index in [1.807, 2.05) is 75.9 Å². The lowest BCUT2D eigenvalue weighted by Crippen LogP contribution is -2.51. The average molecular weight is 899 g/mol. The van der Waals surface area contributed by atoms with Gasteiger partial charge in [-0.2, -0.15) is 10.2 Å². The topological polar surface area (TPSA) is 251 Å². The number of amides is 4. The monoisotopic (exact) mass is 898 g/mol. The summed E-state index contributed by atoms with van der Waals surface area (Å²) < 4.78 is 19.2. The first kappa shape index (κ1) is 44.9. The molecule has 1 saturated heterocycles. The molecule has 6 aromatic heterocycles. The Kier molecular flexibility index (Phi) is 12.3. The number of carbonyl (C=O) groups excluding carboxylic acids is 4. The molecule has 66 heavy (non-hydrogen) atoms. The number of carbonyl (C=O) groups is 4. The fraction of sp³-hybridized carbons (Fsp3) is 0.391. The van der Waals surface area contributed by atoms with Crippen molar-refractivity contribution in [1.82, 2.24) is 53.5 Å². The first-order valence-electron chi connectivity index (χ1n) is 22.0. The average Bonchev–Trinajstić information content (AvgIpc) is 4.01. The lowest BCUT2D eigenvalue weighted by molar-refractivity contribution is -0.00275. The number of imidazole rings is 1. The minimum absolute atomic E-state index is 0.176. The van der Waals surface area contributed by atoms with Gasteiger partial charge in [-0.05, 0) is 97.6 Å². The molecule has 4 amide bonds. The third-order valence-electron chi connectivity index (χ3n) is 11.3. The van der Waals surface area contributed by atoms with Crippen LogP contribution in [0.15, 0.2) is 54.9 Å². The van der Waals surface area contributed by atoms with E-state index in [-0.39, 0.29) is 29.7 Å². The minimum atomic E-state index is -0.657. The van der Waals surface area contributed by atoms with Gasteiger partial charge in [0.1, 0.15) is 33.9 Å². The molecule has 7 aromatic rings. The smallest absolute Gasteiger partial charge is 0.410 e. The van der Waals surface area contributed by atoms with E-state index in [1.54, 1.807) is 38.5 Å². The van der Waals surface area contributed by atoms with E-state index in [4.69, 9.17) is 30.9 Å². The maximum atomic E-state index is 13.6. The lowest BCUT2D eigenvalue weighted by Gasteiger charge is -2.39. The molecule has 8 rings (SSSR count). The van der Waals surface area contributed by atoms with Gasteiger partial charge in [0.05, 0.1) is 29.1 Å². The zero-order chi connectivity index (χ0) is 47.0. The molecule has 0 atom stereocenters. The number of ether oxygens (including phenoxy) is 2. The summed E-state index contributed by atoms with van der Waals surface area (Å²) >= 11 is 0. The maximum Gasteiger partial charge on any atom is 0.410 e. The predicted molar refractivity (Wildman–Crippen MR) is 247 cm³/mol. The van der Waals surface area contributed by atoms with Crippen LogP contribution in [-0.4, -0.2) is 103 Å². The third kappa shape index (κ3) is 9.15. The van der Waals surface area contributed by atoms with E-state index in [0.717, 1.165) is 17.8 Å². The highest BCUT2D eigenvalue weighted by Crippen LogP contribution is 2.37. The van der Waals surface area contributed by atoms with Crippen molar-refractivity contribution in [2.45, 2.75) is 93.1 Å². The van der Waals surface area contributed by atoms with Gasteiger partial charge in [-0.1, -0.05) is 12.2 Å². The Bertz CT molecular complexity index is 3050. The summed E-state index contributed by atoms with van der Waals surface area (Å²) in [7, 11) is 0. The number of nitrogens with two attached hydrogens (primary N) is 2. The van der Waals surface area contributed by atoms with E-state index >= 15 is 0 Å². The Morgan fingerprint density at radius 3 is 2.21 bits per heavy atom. The summed E-state index contributed by atoms with van der Waals surface area (Å²) in [4.78, 5) is 71.7. The largest absolute Gasteiger partial charge is 0.491 e. The van der Waals surface area contributed by atoms with Gasteiger partial charge in [-0.15, -0.1) is 0 Å². The number of allylic oxidation sites excluding steroid dienone is 2. The van der Waals surface area contributed by atoms with Crippen LogP contribution in [0.5, 0.6) is 5.75 Å². The van der Waals surface area contributed by atoms with Crippen molar-refractivity contribution < 1.29 is 28.7 Å². The number of hydrogen-bond donors (Lipinski definition) is 3. The maximum absolute atomic E-state index is 13.6. The van der Waals surface area contributed by atoms with Crippen molar-refractivity contribution in [3.63, 3.8) is 0 Å². The van der Waals surface area contributed by atoms with E-state index in [0.29, 0.717) is 108 Å². The second kappa shape index (κ2) is 18.1. The van der Waals surface area contributed by atoms with Crippen molar-refractivity contribution in [1.29, 1.82) is 0 Å². The second-order valence-corrected chi connectivity index (χ2v) is 17.4. The number of aryl methyl sites for hydroxylation is 4. The molecular formula is C46H54N14O6. The number of hydrogen-bond acceptors (Lipinski definition) is 12. The summed E-state index contributed by atoms with van der Waals surface area (Å²) in [5, 5.41) is 13.3. The Morgan fingerprint density at radius 1 is 0.818 bits per heavy atom. The molecule has 0 aliphatic carbocycles. The Labute approximate surface area is 380 Å². The first-order chi connectivity index (χ1) is 31.5. The van der Waals surface area contributed by atoms with Crippen LogP contribution in [0, 0.1) is 19.8 Å². The van der Waals surface area contributed by atoms with Crippen molar-refractivity contribution in [2.24, 2.45) is 17.4 Å². The normalized spacial score (nSPS) is 13.3. The predicted octanol–water partition coefficient (Wildman–Crippen LogP) is 5.78. The molecule has 1 aliphatic heterocycles. The number of anilines is 1. The number of primary amides is 2. The Morgan fingerprint density at radius 2 is 1.52 bits per heavy atom. The standard InChI is InChI=1S/C46H54N14O6/c1-8-59-34(17-26(3)54-59)40-49-23-32-31-19-29(38(47)61)21-36(65-16-12-13-28-24-56(25-28)45(64)66-46(5,6)7)37(31)57(41(32)52-40)14-10-11-15-58-42-33(20-30(22-50-42)39(48)62)51-44(58)53-43(63)35-18-27(4)55-60(35)9-2/h10-11,17-23,28H,8-9,12-16,24-25H2,1-7H3,(H2,47,61)(H2,48,62)(H,51,53,63)/b11-10+. The number of aromatic nitrogens is 10. The molecule has 0 radical (unpaired) electrons. The highest BCUT2D eigenvalue weighted by atomic mass is 16.6. The van der Waals surface area contributed by atoms with Gasteiger partial charge >= 0.3 is 6.09 Å². The van der Waals surface area contributed by atoms with Crippen molar-refractivity contribution >= 4 is 62.9 Å². The highest BCUT2D eigenvalue weighted by molar-refractivity contribution is 6.12. The van der Waals surface area contributed by atoms with Crippen LogP contribution >= 0.6 is 0 Å². The Hall–Kier alpha value is -7.64. The minimum Gasteiger partial charge on any atom is -0.491 e. The van der Waals surface area contributed by atoms with Gasteiger partial charge in [0, 0.05) is 68.0 Å². The number of nitrogens with zero attached hydrogens (tertiary/aromatic N) is 11. The van der Waals surface area contributed by atoms with Crippen LogP contribution in [-0.2, 0) is 30.9 Å². The third-order valence-corrected chi connectivity index (χ3v) is 11.3. The number of fused-ring (bicyclic) bond motifs is 4. The van der Waals surface area contributed by atoms with Gasteiger partial charge in [-0.3, -0.25) is 33.6 Å². The van der Waals surface area contributed by atoms with Gasteiger partial charge < -0.3 is 30.4 Å². The van der Waals surface area contributed by atoms with Crippen LogP contribution in [0.2, 0.25) is 0 Å². The number of likely N-dealkylation sites (tertiary alicyclic amines) is 1. The second-order valence-electron chi connectivity index (χ2n) is 17.4. The zero-order valence-electron chi connectivity index (χ0n) is 38.2. The fourth-order valence-corrected chi connectivity index (χ4v) is 8.18. The molecule has 7 heterocycles. The van der Waals surface area contributed by atoms with E-state index in [2.05, 4.69) is 25.5 Å². The van der Waals surface area contributed by atoms with Crippen molar-refractivity contribution in [3.05, 3.63) is 83.1 Å². The van der Waals surface area contributed by atoms with Crippen LogP contribution < -0.4 is 21.5 Å². The summed E-state index contributed by atoms with van der Waals surface area (Å²) in [6.45, 7) is 16.4. The molecule has 0 spiro atoms. The first-order valence-corrected chi connectivity index (χ1v) is 22.0. The summed E-state index contributed by atoms with van der Waals surface area (Å²) in [5.41, 5.74) is 16.1. The summed E-state index contributed by atoms with van der Waals surface area (Å²) in [6, 6.07) is 8.57. The lowest BCUT2D eigenvalue weighted by atomic mass is 9.95. The molecule has 0 bridgehead atoms. The molecule has 20 heteroatoms. The van der Waals surface area contributed by atoms with Crippen LogP contribution in [0.25, 0.3) is 44.6 Å². The SMILES string of the molecule is CCn1nc(C)cc1C(=O)Nc1nc2cc(C(N)=O)cnc2n1C/C=C/Cn1c2nc(-c3cc(C)nn3CC)ncc2c2cc(C(N)=O)cc(OCCCC3CN(C(=O)OC(C)(C)C)C3)c21. The molecule has 5 N–H and O–H groups in total. The van der Waals surface area contributed by atoms with Crippen LogP contribution in [0.3, 0.4) is 0 Å².